The number of phenolic OH excluding ortho intramolecular Hbond substituents is 1. The molecule has 0 unspecified atom stereocenters. The van der Waals surface area contributed by atoms with Crippen LogP contribution in [0.5, 0.6) is 5.75 Å². The van der Waals surface area contributed by atoms with Gasteiger partial charge in [-0.25, -0.2) is 0 Å². The van der Waals surface area contributed by atoms with Gasteiger partial charge in [0.1, 0.15) is 5.75 Å². The summed E-state index contributed by atoms with van der Waals surface area (Å²) >= 11 is 0. The van der Waals surface area contributed by atoms with Crippen LogP contribution in [-0.4, -0.2) is 5.11 Å². The molecule has 0 radical (unpaired) electrons. The molecule has 0 amide bonds. The molecule has 1 heteroatoms. The summed E-state index contributed by atoms with van der Waals surface area (Å²) < 4.78 is 0. The molecule has 0 atom stereocenters. The van der Waals surface area contributed by atoms with E-state index in [1.54, 1.807) is 6.07 Å². The molecule has 0 aliphatic carbocycles. The Balaban J connectivity index is 2.07. The fourth-order valence-electron chi connectivity index (χ4n) is 1.82. The van der Waals surface area contributed by atoms with Gasteiger partial charge >= 0.3 is 0 Å². The van der Waals surface area contributed by atoms with E-state index in [2.05, 4.69) is 25.1 Å². The molecule has 1 rings (SSSR count). The first-order chi connectivity index (χ1) is 7.83. The minimum Gasteiger partial charge on any atom is -0.508 e. The molecular weight excluding hydrogens is 196 g/mol. The molecule has 16 heavy (non-hydrogen) atoms. The Labute approximate surface area is 98.8 Å². The molecule has 0 spiro atoms. The highest BCUT2D eigenvalue weighted by Gasteiger charge is 1.95. The molecule has 88 valence electrons. The van der Waals surface area contributed by atoms with Crippen molar-refractivity contribution in [3.05, 3.63) is 42.0 Å². The normalized spacial score (nSPS) is 11.1. The van der Waals surface area contributed by atoms with Crippen LogP contribution in [0.25, 0.3) is 0 Å². The molecule has 0 aliphatic heterocycles. The standard InChI is InChI=1S/C15H22O/c1-2-3-4-5-6-7-8-10-14-11-9-12-15(16)13-14/h2-3,9,11-13,16H,4-8,10H2,1H3/b3-2+. The van der Waals surface area contributed by atoms with E-state index in [0.717, 1.165) is 6.42 Å². The van der Waals surface area contributed by atoms with E-state index in [1.165, 1.54) is 37.7 Å². The van der Waals surface area contributed by atoms with Crippen molar-refractivity contribution in [2.24, 2.45) is 0 Å². The predicted molar refractivity (Wildman–Crippen MR) is 69.7 cm³/mol. The number of aromatic hydroxyl groups is 1. The van der Waals surface area contributed by atoms with Gasteiger partial charge in [0.2, 0.25) is 0 Å². The number of hydrogen-bond donors (Lipinski definition) is 1. The van der Waals surface area contributed by atoms with Gasteiger partial charge in [-0.3, -0.25) is 0 Å². The number of rotatable bonds is 7. The lowest BCUT2D eigenvalue weighted by Gasteiger charge is -2.02. The van der Waals surface area contributed by atoms with Gasteiger partial charge in [0.15, 0.2) is 0 Å². The predicted octanol–water partition coefficient (Wildman–Crippen LogP) is 4.46. The lowest BCUT2D eigenvalue weighted by atomic mass is 10.1. The Bertz CT molecular complexity index is 315. The van der Waals surface area contributed by atoms with Gasteiger partial charge in [-0.2, -0.15) is 0 Å². The third-order valence-corrected chi connectivity index (χ3v) is 2.73. The lowest BCUT2D eigenvalue weighted by molar-refractivity contribution is 0.474. The monoisotopic (exact) mass is 218 g/mol. The summed E-state index contributed by atoms with van der Waals surface area (Å²) in [6.07, 6.45) is 11.8. The van der Waals surface area contributed by atoms with Crippen molar-refractivity contribution in [3.8, 4) is 5.75 Å². The van der Waals surface area contributed by atoms with Crippen LogP contribution < -0.4 is 0 Å². The molecule has 0 saturated heterocycles. The van der Waals surface area contributed by atoms with Crippen molar-refractivity contribution in [2.45, 2.75) is 45.4 Å². The van der Waals surface area contributed by atoms with Gasteiger partial charge in [-0.1, -0.05) is 37.1 Å². The largest absolute Gasteiger partial charge is 0.508 e. The van der Waals surface area contributed by atoms with Crippen molar-refractivity contribution in [1.29, 1.82) is 0 Å². The van der Waals surface area contributed by atoms with Crippen LogP contribution in [-0.2, 0) is 6.42 Å². The molecule has 0 aromatic heterocycles. The average molecular weight is 218 g/mol. The number of phenols is 1. The number of allylic oxidation sites excluding steroid dienone is 2. The van der Waals surface area contributed by atoms with Crippen LogP contribution in [0.4, 0.5) is 0 Å². The molecule has 1 aromatic carbocycles. The topological polar surface area (TPSA) is 20.2 Å². The SMILES string of the molecule is C/C=C/CCCCCCc1cccc(O)c1. The molecule has 0 saturated carbocycles. The molecular formula is C15H22O. The average Bonchev–Trinajstić information content (AvgIpc) is 2.28. The van der Waals surface area contributed by atoms with Crippen molar-refractivity contribution in [3.63, 3.8) is 0 Å². The molecule has 0 fully saturated rings. The highest BCUT2D eigenvalue weighted by atomic mass is 16.3. The summed E-state index contributed by atoms with van der Waals surface area (Å²) in [5, 5.41) is 9.31. The Morgan fingerprint density at radius 2 is 1.94 bits per heavy atom. The number of unbranched alkanes of at least 4 members (excludes halogenated alkanes) is 4. The lowest BCUT2D eigenvalue weighted by Crippen LogP contribution is -1.85. The van der Waals surface area contributed by atoms with E-state index in [4.69, 9.17) is 0 Å². The van der Waals surface area contributed by atoms with Crippen molar-refractivity contribution >= 4 is 0 Å². The number of hydrogen-bond acceptors (Lipinski definition) is 1. The molecule has 1 N–H and O–H groups in total. The van der Waals surface area contributed by atoms with Gasteiger partial charge in [-0.15, -0.1) is 0 Å². The van der Waals surface area contributed by atoms with Crippen molar-refractivity contribution in [2.75, 3.05) is 0 Å². The van der Waals surface area contributed by atoms with Crippen molar-refractivity contribution < 1.29 is 5.11 Å². The van der Waals surface area contributed by atoms with Crippen LogP contribution in [0, 0.1) is 0 Å². The van der Waals surface area contributed by atoms with E-state index in [1.807, 2.05) is 12.1 Å². The highest BCUT2D eigenvalue weighted by Crippen LogP contribution is 2.14. The van der Waals surface area contributed by atoms with Gasteiger partial charge in [0.25, 0.3) is 0 Å². The summed E-state index contributed by atoms with van der Waals surface area (Å²) in [4.78, 5) is 0. The third kappa shape index (κ3) is 5.59. The molecule has 0 heterocycles. The second-order valence-corrected chi connectivity index (χ2v) is 4.19. The summed E-state index contributed by atoms with van der Waals surface area (Å²) in [6.45, 7) is 2.07. The van der Waals surface area contributed by atoms with Gasteiger partial charge < -0.3 is 5.11 Å². The fraction of sp³-hybridized carbons (Fsp3) is 0.467. The molecule has 1 nitrogen and oxygen atoms in total. The van der Waals surface area contributed by atoms with Crippen LogP contribution in [0.1, 0.15) is 44.6 Å². The maximum atomic E-state index is 9.31. The zero-order valence-corrected chi connectivity index (χ0v) is 10.2. The molecule has 0 bridgehead atoms. The Morgan fingerprint density at radius 3 is 2.69 bits per heavy atom. The van der Waals surface area contributed by atoms with Crippen LogP contribution in [0.2, 0.25) is 0 Å². The number of aryl methyl sites for hydroxylation is 1. The Morgan fingerprint density at radius 1 is 1.12 bits per heavy atom. The minimum absolute atomic E-state index is 0.380. The van der Waals surface area contributed by atoms with Crippen LogP contribution >= 0.6 is 0 Å². The Hall–Kier alpha value is -1.24. The smallest absolute Gasteiger partial charge is 0.115 e. The summed E-state index contributed by atoms with van der Waals surface area (Å²) in [5.41, 5.74) is 1.24. The van der Waals surface area contributed by atoms with Crippen LogP contribution in [0.15, 0.2) is 36.4 Å². The molecule has 0 aliphatic rings. The summed E-state index contributed by atoms with van der Waals surface area (Å²) in [6, 6.07) is 7.58. The van der Waals surface area contributed by atoms with E-state index in [0.29, 0.717) is 5.75 Å². The maximum Gasteiger partial charge on any atom is 0.115 e. The van der Waals surface area contributed by atoms with Gasteiger partial charge in [-0.05, 0) is 50.3 Å². The van der Waals surface area contributed by atoms with Gasteiger partial charge in [0, 0.05) is 0 Å². The Kier molecular flexibility index (Phi) is 6.39. The third-order valence-electron chi connectivity index (χ3n) is 2.73. The first-order valence-corrected chi connectivity index (χ1v) is 6.22. The second kappa shape index (κ2) is 7.98. The minimum atomic E-state index is 0.380. The number of benzene rings is 1. The maximum absolute atomic E-state index is 9.31. The second-order valence-electron chi connectivity index (χ2n) is 4.19. The fourth-order valence-corrected chi connectivity index (χ4v) is 1.82. The first-order valence-electron chi connectivity index (χ1n) is 6.22. The van der Waals surface area contributed by atoms with Crippen molar-refractivity contribution in [1.82, 2.24) is 0 Å². The zero-order chi connectivity index (χ0) is 11.6. The van der Waals surface area contributed by atoms with E-state index >= 15 is 0 Å². The highest BCUT2D eigenvalue weighted by molar-refractivity contribution is 5.27. The van der Waals surface area contributed by atoms with Crippen LogP contribution in [0.3, 0.4) is 0 Å². The first kappa shape index (κ1) is 12.8. The summed E-state index contributed by atoms with van der Waals surface area (Å²) in [7, 11) is 0. The summed E-state index contributed by atoms with van der Waals surface area (Å²) in [5.74, 6) is 0.380. The van der Waals surface area contributed by atoms with Gasteiger partial charge in [0.05, 0.1) is 0 Å². The zero-order valence-electron chi connectivity index (χ0n) is 10.2. The van der Waals surface area contributed by atoms with E-state index in [9.17, 15) is 5.11 Å². The van der Waals surface area contributed by atoms with E-state index in [-0.39, 0.29) is 0 Å². The molecule has 1 aromatic rings. The van der Waals surface area contributed by atoms with E-state index < -0.39 is 0 Å². The quantitative estimate of drug-likeness (QED) is 0.529.